The number of pyridine rings is 1. The van der Waals surface area contributed by atoms with Crippen LogP contribution in [0.2, 0.25) is 0 Å². The molecule has 0 aliphatic carbocycles. The van der Waals surface area contributed by atoms with Crippen LogP contribution in [0.4, 0.5) is 5.82 Å². The van der Waals surface area contributed by atoms with Gasteiger partial charge in [-0.3, -0.25) is 0 Å². The van der Waals surface area contributed by atoms with E-state index in [1.54, 1.807) is 30.3 Å². The first-order valence-corrected chi connectivity index (χ1v) is 5.01. The summed E-state index contributed by atoms with van der Waals surface area (Å²) in [6.45, 7) is 0. The minimum absolute atomic E-state index is 0.419. The van der Waals surface area contributed by atoms with Crippen LogP contribution in [0, 0.1) is 0 Å². The molecule has 2 heterocycles. The quantitative estimate of drug-likeness (QED) is 0.899. The molecule has 0 radical (unpaired) electrons. The predicted octanol–water partition coefficient (Wildman–Crippen LogP) is 1.62. The number of ether oxygens (including phenoxy) is 1. The lowest BCUT2D eigenvalue weighted by molar-refractivity contribution is 0.409. The monoisotopic (exact) mass is 268 g/mol. The van der Waals surface area contributed by atoms with Gasteiger partial charge in [-0.1, -0.05) is 0 Å². The average Bonchev–Trinajstić information content (AvgIpc) is 2.59. The van der Waals surface area contributed by atoms with Gasteiger partial charge in [0, 0.05) is 12.4 Å². The third kappa shape index (κ3) is 1.80. The lowest BCUT2D eigenvalue weighted by Gasteiger charge is -2.05. The van der Waals surface area contributed by atoms with E-state index in [0.717, 1.165) is 4.47 Å². The summed E-state index contributed by atoms with van der Waals surface area (Å²) in [6.07, 6.45) is 3.41. The van der Waals surface area contributed by atoms with Crippen LogP contribution >= 0.6 is 15.9 Å². The molecule has 15 heavy (non-hydrogen) atoms. The van der Waals surface area contributed by atoms with Crippen molar-refractivity contribution in [2.75, 3.05) is 12.8 Å². The fourth-order valence-corrected chi connectivity index (χ4v) is 1.46. The number of nitrogen functional groups attached to an aromatic ring is 1. The molecule has 2 rings (SSSR count). The van der Waals surface area contributed by atoms with E-state index in [2.05, 4.69) is 26.0 Å². The van der Waals surface area contributed by atoms with Gasteiger partial charge in [-0.05, 0) is 28.1 Å². The Morgan fingerprint density at radius 1 is 1.53 bits per heavy atom. The molecule has 0 unspecified atom stereocenters. The number of hydrogen-bond acceptors (Lipinski definition) is 4. The SMILES string of the molecule is COc1cccnc1-n1cc(Br)c(N)n1. The fraction of sp³-hybridized carbons (Fsp3) is 0.111. The van der Waals surface area contributed by atoms with E-state index in [4.69, 9.17) is 10.5 Å². The van der Waals surface area contributed by atoms with Crippen LogP contribution in [-0.2, 0) is 0 Å². The van der Waals surface area contributed by atoms with Gasteiger partial charge in [0.05, 0.1) is 11.6 Å². The summed E-state index contributed by atoms with van der Waals surface area (Å²) in [4.78, 5) is 4.17. The van der Waals surface area contributed by atoms with E-state index in [1.807, 2.05) is 6.07 Å². The highest BCUT2D eigenvalue weighted by molar-refractivity contribution is 9.10. The predicted molar refractivity (Wildman–Crippen MR) is 60.0 cm³/mol. The summed E-state index contributed by atoms with van der Waals surface area (Å²) in [5, 5.41) is 4.09. The summed E-state index contributed by atoms with van der Waals surface area (Å²) in [7, 11) is 1.59. The lowest BCUT2D eigenvalue weighted by Crippen LogP contribution is -2.01. The van der Waals surface area contributed by atoms with Gasteiger partial charge in [0.2, 0.25) is 0 Å². The minimum Gasteiger partial charge on any atom is -0.493 e. The largest absolute Gasteiger partial charge is 0.493 e. The normalized spacial score (nSPS) is 10.3. The van der Waals surface area contributed by atoms with E-state index < -0.39 is 0 Å². The maximum atomic E-state index is 5.62. The van der Waals surface area contributed by atoms with Gasteiger partial charge in [0.25, 0.3) is 0 Å². The molecule has 2 aromatic rings. The second kappa shape index (κ2) is 3.90. The third-order valence-corrected chi connectivity index (χ3v) is 2.49. The molecule has 6 heteroatoms. The molecule has 0 aliphatic heterocycles. The van der Waals surface area contributed by atoms with Gasteiger partial charge in [0.1, 0.15) is 0 Å². The maximum absolute atomic E-state index is 5.62. The van der Waals surface area contributed by atoms with Crippen LogP contribution in [0.25, 0.3) is 5.82 Å². The molecule has 5 nitrogen and oxygen atoms in total. The molecule has 0 amide bonds. The van der Waals surface area contributed by atoms with Crippen molar-refractivity contribution < 1.29 is 4.74 Å². The van der Waals surface area contributed by atoms with Crippen molar-refractivity contribution in [1.29, 1.82) is 0 Å². The molecular formula is C9H9BrN4O. The van der Waals surface area contributed by atoms with E-state index in [0.29, 0.717) is 17.4 Å². The van der Waals surface area contributed by atoms with Gasteiger partial charge in [-0.25, -0.2) is 9.67 Å². The van der Waals surface area contributed by atoms with E-state index in [-0.39, 0.29) is 0 Å². The molecular weight excluding hydrogens is 260 g/mol. The summed E-state index contributed by atoms with van der Waals surface area (Å²) >= 11 is 3.28. The fourth-order valence-electron chi connectivity index (χ4n) is 1.19. The van der Waals surface area contributed by atoms with Crippen LogP contribution in [0.15, 0.2) is 29.0 Å². The zero-order valence-electron chi connectivity index (χ0n) is 8.01. The molecule has 0 atom stereocenters. The highest BCUT2D eigenvalue weighted by atomic mass is 79.9. The number of halogens is 1. The van der Waals surface area contributed by atoms with Gasteiger partial charge < -0.3 is 10.5 Å². The smallest absolute Gasteiger partial charge is 0.196 e. The standard InChI is InChI=1S/C9H9BrN4O/c1-15-7-3-2-4-12-9(7)14-5-6(10)8(11)13-14/h2-5H,1H3,(H2,11,13). The van der Waals surface area contributed by atoms with E-state index in [9.17, 15) is 0 Å². The Balaban J connectivity index is 2.53. The number of nitrogens with two attached hydrogens (primary N) is 1. The zero-order chi connectivity index (χ0) is 10.8. The summed E-state index contributed by atoms with van der Waals surface area (Å²) in [6, 6.07) is 3.61. The van der Waals surface area contributed by atoms with Gasteiger partial charge in [0.15, 0.2) is 17.4 Å². The first-order chi connectivity index (χ1) is 7.22. The van der Waals surface area contributed by atoms with Crippen LogP contribution in [-0.4, -0.2) is 21.9 Å². The molecule has 2 N–H and O–H groups in total. The van der Waals surface area contributed by atoms with E-state index >= 15 is 0 Å². The molecule has 78 valence electrons. The Morgan fingerprint density at radius 3 is 2.93 bits per heavy atom. The number of anilines is 1. The van der Waals surface area contributed by atoms with Crippen LogP contribution in [0.5, 0.6) is 5.75 Å². The molecule has 0 bridgehead atoms. The second-order valence-corrected chi connectivity index (χ2v) is 3.69. The van der Waals surface area contributed by atoms with Crippen molar-refractivity contribution >= 4 is 21.7 Å². The number of hydrogen-bond donors (Lipinski definition) is 1. The topological polar surface area (TPSA) is 66.0 Å². The molecule has 0 spiro atoms. The Hall–Kier alpha value is -1.56. The molecule has 0 aliphatic rings. The number of methoxy groups -OCH3 is 1. The molecule has 0 aromatic carbocycles. The first kappa shape index (κ1) is 9.97. The Morgan fingerprint density at radius 2 is 2.33 bits per heavy atom. The van der Waals surface area contributed by atoms with E-state index in [1.165, 1.54) is 0 Å². The first-order valence-electron chi connectivity index (χ1n) is 4.22. The van der Waals surface area contributed by atoms with Crippen LogP contribution in [0.3, 0.4) is 0 Å². The third-order valence-electron chi connectivity index (χ3n) is 1.88. The zero-order valence-corrected chi connectivity index (χ0v) is 9.60. The van der Waals surface area contributed by atoms with Gasteiger partial charge >= 0.3 is 0 Å². The van der Waals surface area contributed by atoms with Crippen LogP contribution in [0.1, 0.15) is 0 Å². The molecule has 0 saturated heterocycles. The Bertz CT molecular complexity index is 463. The summed E-state index contributed by atoms with van der Waals surface area (Å²) < 4.78 is 7.47. The minimum atomic E-state index is 0.419. The number of nitrogens with zero attached hydrogens (tertiary/aromatic N) is 3. The van der Waals surface area contributed by atoms with Crippen molar-refractivity contribution in [1.82, 2.24) is 14.8 Å². The summed E-state index contributed by atoms with van der Waals surface area (Å²) in [5.74, 6) is 1.67. The Kier molecular flexibility index (Phi) is 2.59. The summed E-state index contributed by atoms with van der Waals surface area (Å²) in [5.41, 5.74) is 5.62. The average molecular weight is 269 g/mol. The number of rotatable bonds is 2. The second-order valence-electron chi connectivity index (χ2n) is 2.84. The molecule has 2 aromatic heterocycles. The van der Waals surface area contributed by atoms with Gasteiger partial charge in [-0.2, -0.15) is 0 Å². The van der Waals surface area contributed by atoms with Crippen molar-refractivity contribution in [3.05, 3.63) is 29.0 Å². The highest BCUT2D eigenvalue weighted by Crippen LogP contribution is 2.23. The van der Waals surface area contributed by atoms with Crippen molar-refractivity contribution in [3.8, 4) is 11.6 Å². The molecule has 0 saturated carbocycles. The van der Waals surface area contributed by atoms with Crippen molar-refractivity contribution in [3.63, 3.8) is 0 Å². The maximum Gasteiger partial charge on any atom is 0.196 e. The Labute approximate surface area is 95.0 Å². The lowest BCUT2D eigenvalue weighted by atomic mass is 10.4. The highest BCUT2D eigenvalue weighted by Gasteiger charge is 2.09. The van der Waals surface area contributed by atoms with Crippen molar-refractivity contribution in [2.24, 2.45) is 0 Å². The van der Waals surface area contributed by atoms with Crippen LogP contribution < -0.4 is 10.5 Å². The molecule has 0 fully saturated rings. The number of aromatic nitrogens is 3. The van der Waals surface area contributed by atoms with Gasteiger partial charge in [-0.15, -0.1) is 5.10 Å². The van der Waals surface area contributed by atoms with Crippen molar-refractivity contribution in [2.45, 2.75) is 0 Å².